The fourth-order valence-corrected chi connectivity index (χ4v) is 2.32. The highest BCUT2D eigenvalue weighted by Gasteiger charge is 2.15. The van der Waals surface area contributed by atoms with E-state index in [1.807, 2.05) is 12.1 Å². The van der Waals surface area contributed by atoms with Gasteiger partial charge in [0.15, 0.2) is 0 Å². The third-order valence-corrected chi connectivity index (χ3v) is 3.39. The molecule has 1 unspecified atom stereocenters. The van der Waals surface area contributed by atoms with Gasteiger partial charge in [0.1, 0.15) is 6.33 Å². The second kappa shape index (κ2) is 7.14. The summed E-state index contributed by atoms with van der Waals surface area (Å²) in [7, 11) is 0. The van der Waals surface area contributed by atoms with Crippen molar-refractivity contribution in [3.8, 4) is 5.69 Å². The summed E-state index contributed by atoms with van der Waals surface area (Å²) in [5.74, 6) is -0.0753. The van der Waals surface area contributed by atoms with Gasteiger partial charge in [-0.15, -0.1) is 17.5 Å². The Labute approximate surface area is 128 Å². The third-order valence-electron chi connectivity index (χ3n) is 3.39. The first kappa shape index (κ1) is 15.4. The zero-order valence-corrected chi connectivity index (χ0v) is 12.2. The molecule has 0 bridgehead atoms. The number of carbonyl (C=O) groups excluding carboxylic acids is 1. The molecule has 1 atom stereocenters. The Bertz CT molecular complexity index is 582. The first-order valence-electron chi connectivity index (χ1n) is 6.68. The average Bonchev–Trinajstić information content (AvgIpc) is 3.18. The average molecular weight is 309 g/mol. The predicted octanol–water partition coefficient (Wildman–Crippen LogP) is 0.566. The monoisotopic (exact) mass is 308 g/mol. The number of nitrogens with zero attached hydrogens (tertiary/aromatic N) is 4. The molecule has 1 saturated heterocycles. The van der Waals surface area contributed by atoms with Crippen LogP contribution in [0.3, 0.4) is 0 Å². The summed E-state index contributed by atoms with van der Waals surface area (Å²) >= 11 is 0. The van der Waals surface area contributed by atoms with E-state index in [1.165, 1.54) is 17.4 Å². The van der Waals surface area contributed by atoms with E-state index in [1.54, 1.807) is 12.1 Å². The lowest BCUT2D eigenvalue weighted by Crippen LogP contribution is -2.37. The van der Waals surface area contributed by atoms with E-state index in [0.717, 1.165) is 18.7 Å². The van der Waals surface area contributed by atoms with Crippen molar-refractivity contribution in [1.82, 2.24) is 30.8 Å². The second-order valence-corrected chi connectivity index (χ2v) is 4.81. The topological polar surface area (TPSA) is 84.7 Å². The van der Waals surface area contributed by atoms with Gasteiger partial charge >= 0.3 is 0 Å². The molecule has 1 aliphatic rings. The SMILES string of the molecule is Cl.O=C(NCC1CCCN1)c1cccc(-n2cnnn2)c1. The van der Waals surface area contributed by atoms with Gasteiger partial charge in [0.2, 0.25) is 0 Å². The lowest BCUT2D eigenvalue weighted by molar-refractivity contribution is 0.0950. The van der Waals surface area contributed by atoms with E-state index >= 15 is 0 Å². The first-order chi connectivity index (χ1) is 9.83. The minimum atomic E-state index is -0.0753. The predicted molar refractivity (Wildman–Crippen MR) is 79.8 cm³/mol. The minimum absolute atomic E-state index is 0. The van der Waals surface area contributed by atoms with Crippen molar-refractivity contribution >= 4 is 18.3 Å². The van der Waals surface area contributed by atoms with Gasteiger partial charge in [-0.25, -0.2) is 4.68 Å². The van der Waals surface area contributed by atoms with Crippen molar-refractivity contribution < 1.29 is 4.79 Å². The Morgan fingerprint density at radius 1 is 1.48 bits per heavy atom. The molecule has 1 fully saturated rings. The smallest absolute Gasteiger partial charge is 0.251 e. The van der Waals surface area contributed by atoms with E-state index in [-0.39, 0.29) is 18.3 Å². The largest absolute Gasteiger partial charge is 0.350 e. The van der Waals surface area contributed by atoms with E-state index < -0.39 is 0 Å². The molecule has 1 aliphatic heterocycles. The zero-order valence-electron chi connectivity index (χ0n) is 11.4. The Morgan fingerprint density at radius 2 is 2.38 bits per heavy atom. The summed E-state index contributed by atoms with van der Waals surface area (Å²) in [6.07, 6.45) is 3.79. The van der Waals surface area contributed by atoms with Gasteiger partial charge in [-0.2, -0.15) is 0 Å². The Morgan fingerprint density at radius 3 is 3.10 bits per heavy atom. The highest BCUT2D eigenvalue weighted by molar-refractivity contribution is 5.94. The molecule has 3 rings (SSSR count). The van der Waals surface area contributed by atoms with Gasteiger partial charge in [0, 0.05) is 18.2 Å². The molecule has 0 aliphatic carbocycles. The summed E-state index contributed by atoms with van der Waals surface area (Å²) in [4.78, 5) is 12.1. The van der Waals surface area contributed by atoms with Crippen LogP contribution in [0.1, 0.15) is 23.2 Å². The summed E-state index contributed by atoms with van der Waals surface area (Å²) < 4.78 is 1.52. The van der Waals surface area contributed by atoms with Crippen LogP contribution in [-0.4, -0.2) is 45.2 Å². The van der Waals surface area contributed by atoms with Crippen LogP contribution in [-0.2, 0) is 0 Å². The molecule has 7 nitrogen and oxygen atoms in total. The van der Waals surface area contributed by atoms with Gasteiger partial charge in [-0.3, -0.25) is 4.79 Å². The van der Waals surface area contributed by atoms with Crippen molar-refractivity contribution in [3.05, 3.63) is 36.2 Å². The molecule has 1 aromatic carbocycles. The minimum Gasteiger partial charge on any atom is -0.350 e. The zero-order chi connectivity index (χ0) is 13.8. The van der Waals surface area contributed by atoms with Crippen molar-refractivity contribution in [3.63, 3.8) is 0 Å². The highest BCUT2D eigenvalue weighted by Crippen LogP contribution is 2.09. The summed E-state index contributed by atoms with van der Waals surface area (Å²) in [6.45, 7) is 1.70. The number of carbonyl (C=O) groups is 1. The maximum atomic E-state index is 12.1. The molecular formula is C13H17ClN6O. The summed E-state index contributed by atoms with van der Waals surface area (Å²) in [5, 5.41) is 17.3. The van der Waals surface area contributed by atoms with Crippen molar-refractivity contribution in [1.29, 1.82) is 0 Å². The number of amides is 1. The fourth-order valence-electron chi connectivity index (χ4n) is 2.32. The molecule has 0 saturated carbocycles. The Kier molecular flexibility index (Phi) is 5.24. The molecular weight excluding hydrogens is 292 g/mol. The van der Waals surface area contributed by atoms with E-state index in [4.69, 9.17) is 0 Å². The van der Waals surface area contributed by atoms with Gasteiger partial charge in [-0.05, 0) is 48.0 Å². The second-order valence-electron chi connectivity index (χ2n) is 4.81. The lowest BCUT2D eigenvalue weighted by atomic mass is 10.1. The number of aromatic nitrogens is 4. The van der Waals surface area contributed by atoms with Gasteiger partial charge < -0.3 is 10.6 Å². The number of benzene rings is 1. The van der Waals surface area contributed by atoms with Crippen LogP contribution in [0.25, 0.3) is 5.69 Å². The number of hydrogen-bond acceptors (Lipinski definition) is 5. The number of rotatable bonds is 4. The summed E-state index contributed by atoms with van der Waals surface area (Å²) in [6, 6.07) is 7.62. The quantitative estimate of drug-likeness (QED) is 0.862. The van der Waals surface area contributed by atoms with Crippen molar-refractivity contribution in [2.24, 2.45) is 0 Å². The van der Waals surface area contributed by atoms with Crippen LogP contribution in [0, 0.1) is 0 Å². The standard InChI is InChI=1S/C13H16N6O.ClH/c20-13(15-8-11-4-2-6-14-11)10-3-1-5-12(7-10)19-9-16-17-18-19;/h1,3,5,7,9,11,14H,2,4,6,8H2,(H,15,20);1H. The van der Waals surface area contributed by atoms with Crippen LogP contribution in [0.15, 0.2) is 30.6 Å². The molecule has 2 N–H and O–H groups in total. The molecule has 0 spiro atoms. The Balaban J connectivity index is 0.00000161. The fraction of sp³-hybridized carbons (Fsp3) is 0.385. The van der Waals surface area contributed by atoms with E-state index in [0.29, 0.717) is 18.2 Å². The van der Waals surface area contributed by atoms with Crippen molar-refractivity contribution in [2.75, 3.05) is 13.1 Å². The summed E-state index contributed by atoms with van der Waals surface area (Å²) in [5.41, 5.74) is 1.37. The van der Waals surface area contributed by atoms with Gasteiger partial charge in [-0.1, -0.05) is 6.07 Å². The van der Waals surface area contributed by atoms with Crippen LogP contribution in [0.5, 0.6) is 0 Å². The third kappa shape index (κ3) is 3.77. The molecule has 1 amide bonds. The normalized spacial score (nSPS) is 17.2. The molecule has 2 aromatic rings. The number of nitrogens with one attached hydrogen (secondary N) is 2. The van der Waals surface area contributed by atoms with E-state index in [2.05, 4.69) is 26.2 Å². The maximum Gasteiger partial charge on any atom is 0.251 e. The molecule has 112 valence electrons. The molecule has 21 heavy (non-hydrogen) atoms. The van der Waals surface area contributed by atoms with E-state index in [9.17, 15) is 4.79 Å². The highest BCUT2D eigenvalue weighted by atomic mass is 35.5. The van der Waals surface area contributed by atoms with Crippen LogP contribution >= 0.6 is 12.4 Å². The van der Waals surface area contributed by atoms with Crippen LogP contribution < -0.4 is 10.6 Å². The van der Waals surface area contributed by atoms with Gasteiger partial charge in [0.05, 0.1) is 5.69 Å². The molecule has 0 radical (unpaired) electrons. The molecule has 2 heterocycles. The first-order valence-corrected chi connectivity index (χ1v) is 6.68. The number of hydrogen-bond donors (Lipinski definition) is 2. The molecule has 1 aromatic heterocycles. The van der Waals surface area contributed by atoms with Crippen molar-refractivity contribution in [2.45, 2.75) is 18.9 Å². The van der Waals surface area contributed by atoms with Crippen LogP contribution in [0.2, 0.25) is 0 Å². The lowest BCUT2D eigenvalue weighted by Gasteiger charge is -2.11. The van der Waals surface area contributed by atoms with Gasteiger partial charge in [0.25, 0.3) is 5.91 Å². The molecule has 8 heteroatoms. The maximum absolute atomic E-state index is 12.1. The van der Waals surface area contributed by atoms with Crippen LogP contribution in [0.4, 0.5) is 0 Å². The number of halogens is 1. The number of tetrazole rings is 1. The Hall–Kier alpha value is -1.99.